The Labute approximate surface area is 114 Å². The minimum absolute atomic E-state index is 0.294. The number of hydrogen-bond acceptors (Lipinski definition) is 4. The SMILES string of the molecule is CC1CC(C)C(C)N(c2cnc(C(N)=S)cn2)C1. The molecule has 1 fully saturated rings. The molecule has 1 aliphatic heterocycles. The summed E-state index contributed by atoms with van der Waals surface area (Å²) in [7, 11) is 0. The zero-order chi connectivity index (χ0) is 13.3. The van der Waals surface area contributed by atoms with Gasteiger partial charge in [-0.05, 0) is 25.2 Å². The van der Waals surface area contributed by atoms with Gasteiger partial charge in [0.1, 0.15) is 16.5 Å². The second kappa shape index (κ2) is 5.18. The Morgan fingerprint density at radius 1 is 1.33 bits per heavy atom. The lowest BCUT2D eigenvalue weighted by molar-refractivity contribution is 0.295. The standard InChI is InChI=1S/C13H20N4S/c1-8-4-9(2)10(3)17(7-8)12-6-15-11(5-16-12)13(14)18/h5-6,8-10H,4,7H2,1-3H3,(H2,14,18). The number of hydrogen-bond donors (Lipinski definition) is 1. The Balaban J connectivity index is 2.21. The van der Waals surface area contributed by atoms with Gasteiger partial charge >= 0.3 is 0 Å². The van der Waals surface area contributed by atoms with Gasteiger partial charge in [0.25, 0.3) is 0 Å². The number of rotatable bonds is 2. The lowest BCUT2D eigenvalue weighted by Crippen LogP contribution is -2.46. The second-order valence-corrected chi connectivity index (χ2v) is 5.78. The van der Waals surface area contributed by atoms with Crippen LogP contribution >= 0.6 is 12.2 Å². The summed E-state index contributed by atoms with van der Waals surface area (Å²) in [4.78, 5) is 11.3. The van der Waals surface area contributed by atoms with E-state index in [2.05, 4.69) is 35.6 Å². The van der Waals surface area contributed by atoms with Crippen LogP contribution in [0.3, 0.4) is 0 Å². The van der Waals surface area contributed by atoms with Crippen molar-refractivity contribution >= 4 is 23.0 Å². The molecule has 3 atom stereocenters. The molecule has 0 spiro atoms. The Morgan fingerprint density at radius 3 is 2.61 bits per heavy atom. The Kier molecular flexibility index (Phi) is 3.80. The van der Waals surface area contributed by atoms with Crippen molar-refractivity contribution in [1.29, 1.82) is 0 Å². The molecule has 4 nitrogen and oxygen atoms in total. The first-order valence-corrected chi connectivity index (χ1v) is 6.78. The summed E-state index contributed by atoms with van der Waals surface area (Å²) in [5, 5.41) is 0. The molecule has 2 heterocycles. The molecule has 98 valence electrons. The highest BCUT2D eigenvalue weighted by molar-refractivity contribution is 7.80. The van der Waals surface area contributed by atoms with Crippen LogP contribution < -0.4 is 10.6 Å². The minimum atomic E-state index is 0.294. The molecule has 1 aliphatic rings. The molecule has 0 aliphatic carbocycles. The molecular formula is C13H20N4S. The van der Waals surface area contributed by atoms with E-state index in [1.54, 1.807) is 12.4 Å². The summed E-state index contributed by atoms with van der Waals surface area (Å²) < 4.78 is 0. The van der Waals surface area contributed by atoms with Crippen molar-refractivity contribution in [3.05, 3.63) is 18.1 Å². The second-order valence-electron chi connectivity index (χ2n) is 5.34. The van der Waals surface area contributed by atoms with Crippen LogP contribution in [0.25, 0.3) is 0 Å². The van der Waals surface area contributed by atoms with Gasteiger partial charge in [-0.15, -0.1) is 0 Å². The maximum atomic E-state index is 5.53. The third-order valence-corrected chi connectivity index (χ3v) is 3.99. The molecule has 0 amide bonds. The fourth-order valence-electron chi connectivity index (χ4n) is 2.61. The predicted molar refractivity (Wildman–Crippen MR) is 77.7 cm³/mol. The summed E-state index contributed by atoms with van der Waals surface area (Å²) in [5.41, 5.74) is 6.11. The van der Waals surface area contributed by atoms with Crippen LogP contribution in [0.15, 0.2) is 12.4 Å². The highest BCUT2D eigenvalue weighted by Crippen LogP contribution is 2.29. The Hall–Kier alpha value is -1.23. The zero-order valence-corrected chi connectivity index (χ0v) is 11.9. The normalized spacial score (nSPS) is 28.2. The molecule has 2 rings (SSSR count). The van der Waals surface area contributed by atoms with Gasteiger partial charge in [-0.2, -0.15) is 0 Å². The van der Waals surface area contributed by atoms with E-state index in [4.69, 9.17) is 18.0 Å². The van der Waals surface area contributed by atoms with E-state index in [0.29, 0.717) is 28.6 Å². The van der Waals surface area contributed by atoms with E-state index < -0.39 is 0 Å². The first-order valence-electron chi connectivity index (χ1n) is 6.37. The van der Waals surface area contributed by atoms with Crippen LogP contribution in [0.2, 0.25) is 0 Å². The fourth-order valence-corrected chi connectivity index (χ4v) is 2.72. The molecule has 2 N–H and O–H groups in total. The number of nitrogens with zero attached hydrogens (tertiary/aromatic N) is 3. The minimum Gasteiger partial charge on any atom is -0.388 e. The molecule has 0 bridgehead atoms. The largest absolute Gasteiger partial charge is 0.388 e. The van der Waals surface area contributed by atoms with Crippen LogP contribution in [-0.4, -0.2) is 27.5 Å². The van der Waals surface area contributed by atoms with Gasteiger partial charge in [-0.25, -0.2) is 9.97 Å². The molecular weight excluding hydrogens is 244 g/mol. The number of anilines is 1. The Morgan fingerprint density at radius 2 is 2.06 bits per heavy atom. The van der Waals surface area contributed by atoms with Gasteiger partial charge in [0, 0.05) is 12.6 Å². The van der Waals surface area contributed by atoms with E-state index in [-0.39, 0.29) is 0 Å². The molecule has 0 radical (unpaired) electrons. The molecule has 5 heteroatoms. The topological polar surface area (TPSA) is 55.0 Å². The zero-order valence-electron chi connectivity index (χ0n) is 11.1. The summed E-state index contributed by atoms with van der Waals surface area (Å²) in [5.74, 6) is 2.28. The van der Waals surface area contributed by atoms with Crippen molar-refractivity contribution in [2.75, 3.05) is 11.4 Å². The van der Waals surface area contributed by atoms with Gasteiger partial charge in [0.15, 0.2) is 0 Å². The summed E-state index contributed by atoms with van der Waals surface area (Å²) in [6.07, 6.45) is 4.71. The molecule has 3 unspecified atom stereocenters. The quantitative estimate of drug-likeness (QED) is 0.828. The number of aromatic nitrogens is 2. The summed E-state index contributed by atoms with van der Waals surface area (Å²) in [6, 6.07) is 0.492. The van der Waals surface area contributed by atoms with Crippen LogP contribution in [0, 0.1) is 11.8 Å². The molecule has 18 heavy (non-hydrogen) atoms. The molecule has 0 saturated carbocycles. The van der Waals surface area contributed by atoms with E-state index in [1.165, 1.54) is 6.42 Å². The third kappa shape index (κ3) is 2.61. The lowest BCUT2D eigenvalue weighted by atomic mass is 9.86. The van der Waals surface area contributed by atoms with Crippen LogP contribution in [-0.2, 0) is 0 Å². The lowest BCUT2D eigenvalue weighted by Gasteiger charge is -2.41. The Bertz CT molecular complexity index is 431. The van der Waals surface area contributed by atoms with E-state index >= 15 is 0 Å². The van der Waals surface area contributed by atoms with Gasteiger partial charge in [-0.1, -0.05) is 26.1 Å². The monoisotopic (exact) mass is 264 g/mol. The van der Waals surface area contributed by atoms with Crippen LogP contribution in [0.5, 0.6) is 0 Å². The van der Waals surface area contributed by atoms with Crippen LogP contribution in [0.4, 0.5) is 5.82 Å². The predicted octanol–water partition coefficient (Wildman–Crippen LogP) is 1.98. The maximum absolute atomic E-state index is 5.53. The third-order valence-electron chi connectivity index (χ3n) is 3.78. The molecule has 1 aromatic rings. The van der Waals surface area contributed by atoms with E-state index in [9.17, 15) is 0 Å². The van der Waals surface area contributed by atoms with Crippen molar-refractivity contribution in [3.63, 3.8) is 0 Å². The molecule has 1 saturated heterocycles. The average molecular weight is 264 g/mol. The first kappa shape index (κ1) is 13.2. The van der Waals surface area contributed by atoms with Gasteiger partial charge < -0.3 is 10.6 Å². The maximum Gasteiger partial charge on any atom is 0.147 e. The number of nitrogens with two attached hydrogens (primary N) is 1. The highest BCUT2D eigenvalue weighted by atomic mass is 32.1. The van der Waals surface area contributed by atoms with Crippen molar-refractivity contribution in [3.8, 4) is 0 Å². The van der Waals surface area contributed by atoms with E-state index in [1.807, 2.05) is 0 Å². The first-order chi connectivity index (χ1) is 8.49. The van der Waals surface area contributed by atoms with Gasteiger partial charge in [-0.3, -0.25) is 0 Å². The van der Waals surface area contributed by atoms with Crippen molar-refractivity contribution in [2.45, 2.75) is 33.2 Å². The average Bonchev–Trinajstić information content (AvgIpc) is 2.34. The van der Waals surface area contributed by atoms with Crippen molar-refractivity contribution < 1.29 is 0 Å². The summed E-state index contributed by atoms with van der Waals surface area (Å²) >= 11 is 4.88. The fraction of sp³-hybridized carbons (Fsp3) is 0.615. The molecule has 1 aromatic heterocycles. The van der Waals surface area contributed by atoms with Gasteiger partial charge in [0.05, 0.1) is 12.4 Å². The highest BCUT2D eigenvalue weighted by Gasteiger charge is 2.29. The number of thiocarbonyl (C=S) groups is 1. The van der Waals surface area contributed by atoms with Crippen molar-refractivity contribution in [1.82, 2.24) is 9.97 Å². The van der Waals surface area contributed by atoms with Gasteiger partial charge in [0.2, 0.25) is 0 Å². The summed E-state index contributed by atoms with van der Waals surface area (Å²) in [6.45, 7) is 7.86. The van der Waals surface area contributed by atoms with E-state index in [0.717, 1.165) is 12.4 Å². The molecule has 0 aromatic carbocycles. The van der Waals surface area contributed by atoms with Crippen molar-refractivity contribution in [2.24, 2.45) is 17.6 Å². The number of piperidine rings is 1. The smallest absolute Gasteiger partial charge is 0.147 e. The van der Waals surface area contributed by atoms with Crippen LogP contribution in [0.1, 0.15) is 32.9 Å².